The number of hydrogen-bond acceptors (Lipinski definition) is 4. The lowest BCUT2D eigenvalue weighted by Gasteiger charge is -2.22. The highest BCUT2D eigenvalue weighted by molar-refractivity contribution is 5.95. The van der Waals surface area contributed by atoms with Gasteiger partial charge in [0.25, 0.3) is 5.91 Å². The van der Waals surface area contributed by atoms with Crippen LogP contribution in [0.15, 0.2) is 42.5 Å². The number of carbonyl (C=O) groups excluding carboxylic acids is 1. The number of nitrogens with zero attached hydrogens (tertiary/aromatic N) is 2. The summed E-state index contributed by atoms with van der Waals surface area (Å²) in [7, 11) is 3.18. The van der Waals surface area contributed by atoms with E-state index >= 15 is 0 Å². The number of hydrogen-bond donors (Lipinski definition) is 0. The minimum atomic E-state index is 0.0492. The average Bonchev–Trinajstić information content (AvgIpc) is 2.94. The fraction of sp³-hybridized carbons (Fsp3) is 0.409. The van der Waals surface area contributed by atoms with E-state index in [0.717, 1.165) is 39.1 Å². The van der Waals surface area contributed by atoms with E-state index in [-0.39, 0.29) is 5.91 Å². The van der Waals surface area contributed by atoms with Crippen molar-refractivity contribution in [1.29, 1.82) is 0 Å². The van der Waals surface area contributed by atoms with Crippen LogP contribution in [-0.4, -0.2) is 56.1 Å². The molecule has 1 aliphatic heterocycles. The first kappa shape index (κ1) is 19.2. The van der Waals surface area contributed by atoms with Crippen LogP contribution >= 0.6 is 0 Å². The van der Waals surface area contributed by atoms with Crippen molar-refractivity contribution in [3.8, 4) is 11.5 Å². The largest absolute Gasteiger partial charge is 0.493 e. The quantitative estimate of drug-likeness (QED) is 0.812. The van der Waals surface area contributed by atoms with Crippen molar-refractivity contribution >= 4 is 5.91 Å². The molecule has 0 N–H and O–H groups in total. The maximum Gasteiger partial charge on any atom is 0.254 e. The highest BCUT2D eigenvalue weighted by Crippen LogP contribution is 2.28. The molecule has 1 heterocycles. The number of benzene rings is 2. The number of ether oxygens (including phenoxy) is 2. The Morgan fingerprint density at radius 3 is 2.37 bits per heavy atom. The van der Waals surface area contributed by atoms with Gasteiger partial charge in [-0.1, -0.05) is 29.8 Å². The summed E-state index contributed by atoms with van der Waals surface area (Å²) >= 11 is 0. The molecule has 0 bridgehead atoms. The van der Waals surface area contributed by atoms with Crippen molar-refractivity contribution in [2.75, 3.05) is 40.4 Å². The molecule has 27 heavy (non-hydrogen) atoms. The van der Waals surface area contributed by atoms with Gasteiger partial charge in [-0.05, 0) is 37.1 Å². The van der Waals surface area contributed by atoms with Crippen molar-refractivity contribution < 1.29 is 14.3 Å². The molecule has 0 aliphatic carbocycles. The van der Waals surface area contributed by atoms with Crippen LogP contribution in [0.2, 0.25) is 0 Å². The van der Waals surface area contributed by atoms with Crippen molar-refractivity contribution in [3.63, 3.8) is 0 Å². The van der Waals surface area contributed by atoms with E-state index in [9.17, 15) is 4.79 Å². The molecule has 1 saturated heterocycles. The monoisotopic (exact) mass is 368 g/mol. The van der Waals surface area contributed by atoms with Gasteiger partial charge in [0.05, 0.1) is 14.2 Å². The Hall–Kier alpha value is -2.53. The van der Waals surface area contributed by atoms with E-state index in [0.29, 0.717) is 17.1 Å². The number of aryl methyl sites for hydroxylation is 1. The Labute approximate surface area is 161 Å². The zero-order chi connectivity index (χ0) is 19.2. The molecule has 1 fully saturated rings. The summed E-state index contributed by atoms with van der Waals surface area (Å²) in [5, 5.41) is 0. The first-order valence-electron chi connectivity index (χ1n) is 9.40. The molecule has 2 aromatic carbocycles. The van der Waals surface area contributed by atoms with Crippen molar-refractivity contribution in [1.82, 2.24) is 9.80 Å². The molecule has 2 aromatic rings. The van der Waals surface area contributed by atoms with Gasteiger partial charge in [-0.25, -0.2) is 0 Å². The number of amides is 1. The molecule has 0 spiro atoms. The summed E-state index contributed by atoms with van der Waals surface area (Å²) < 4.78 is 10.6. The lowest BCUT2D eigenvalue weighted by Crippen LogP contribution is -2.35. The van der Waals surface area contributed by atoms with Crippen LogP contribution in [0.25, 0.3) is 0 Å². The minimum Gasteiger partial charge on any atom is -0.493 e. The van der Waals surface area contributed by atoms with Crippen LogP contribution in [0.3, 0.4) is 0 Å². The van der Waals surface area contributed by atoms with Gasteiger partial charge >= 0.3 is 0 Å². The van der Waals surface area contributed by atoms with Gasteiger partial charge < -0.3 is 14.4 Å². The van der Waals surface area contributed by atoms with Gasteiger partial charge in [0, 0.05) is 38.3 Å². The lowest BCUT2D eigenvalue weighted by atomic mass is 10.1. The Kier molecular flexibility index (Phi) is 6.35. The average molecular weight is 368 g/mol. The topological polar surface area (TPSA) is 42.0 Å². The Balaban J connectivity index is 1.63. The summed E-state index contributed by atoms with van der Waals surface area (Å²) in [4.78, 5) is 17.3. The molecule has 5 heteroatoms. The maximum atomic E-state index is 12.9. The molecule has 0 unspecified atom stereocenters. The fourth-order valence-electron chi connectivity index (χ4n) is 3.44. The van der Waals surface area contributed by atoms with Crippen LogP contribution in [0.1, 0.15) is 27.9 Å². The minimum absolute atomic E-state index is 0.0492. The standard InChI is InChI=1S/C22H28N2O3/c1-17-5-7-18(8-6-17)16-23-11-4-12-24(14-13-23)22(25)19-9-10-20(26-2)21(15-19)27-3/h5-10,15H,4,11-14,16H2,1-3H3. The molecule has 1 amide bonds. The van der Waals surface area contributed by atoms with Gasteiger partial charge in [-0.2, -0.15) is 0 Å². The van der Waals surface area contributed by atoms with Crippen molar-refractivity contribution in [2.45, 2.75) is 19.9 Å². The molecule has 1 aliphatic rings. The molecule has 3 rings (SSSR count). The Morgan fingerprint density at radius 1 is 0.926 bits per heavy atom. The number of carbonyl (C=O) groups is 1. The van der Waals surface area contributed by atoms with E-state index in [2.05, 4.69) is 36.1 Å². The molecule has 0 radical (unpaired) electrons. The van der Waals surface area contributed by atoms with Crippen LogP contribution in [0.5, 0.6) is 11.5 Å². The van der Waals surface area contributed by atoms with Crippen LogP contribution in [0, 0.1) is 6.92 Å². The SMILES string of the molecule is COc1ccc(C(=O)N2CCCN(Cc3ccc(C)cc3)CC2)cc1OC. The third kappa shape index (κ3) is 4.80. The van der Waals surface area contributed by atoms with Gasteiger partial charge in [0.1, 0.15) is 0 Å². The molecule has 0 atom stereocenters. The van der Waals surface area contributed by atoms with E-state index in [1.54, 1.807) is 32.4 Å². The molecule has 144 valence electrons. The Morgan fingerprint density at radius 2 is 1.67 bits per heavy atom. The number of methoxy groups -OCH3 is 2. The zero-order valence-corrected chi connectivity index (χ0v) is 16.4. The molecule has 0 saturated carbocycles. The summed E-state index contributed by atoms with van der Waals surface area (Å²) in [6.07, 6.45) is 0.977. The first-order valence-corrected chi connectivity index (χ1v) is 9.40. The predicted octanol–water partition coefficient (Wildman–Crippen LogP) is 3.36. The first-order chi connectivity index (χ1) is 13.1. The lowest BCUT2D eigenvalue weighted by molar-refractivity contribution is 0.0760. The van der Waals surface area contributed by atoms with Gasteiger partial charge in [0.2, 0.25) is 0 Å². The summed E-state index contributed by atoms with van der Waals surface area (Å²) in [5.41, 5.74) is 3.24. The smallest absolute Gasteiger partial charge is 0.254 e. The molecule has 5 nitrogen and oxygen atoms in total. The van der Waals surface area contributed by atoms with Gasteiger partial charge in [-0.15, -0.1) is 0 Å². The van der Waals surface area contributed by atoms with Crippen LogP contribution < -0.4 is 9.47 Å². The van der Waals surface area contributed by atoms with Crippen LogP contribution in [0.4, 0.5) is 0 Å². The maximum absolute atomic E-state index is 12.9. The third-order valence-electron chi connectivity index (χ3n) is 5.03. The van der Waals surface area contributed by atoms with Crippen molar-refractivity contribution in [2.24, 2.45) is 0 Å². The zero-order valence-electron chi connectivity index (χ0n) is 16.4. The summed E-state index contributed by atoms with van der Waals surface area (Å²) in [6, 6.07) is 14.0. The second kappa shape index (κ2) is 8.91. The van der Waals surface area contributed by atoms with Gasteiger partial charge in [-0.3, -0.25) is 9.69 Å². The summed E-state index contributed by atoms with van der Waals surface area (Å²) in [6.45, 7) is 6.43. The third-order valence-corrected chi connectivity index (χ3v) is 5.03. The van der Waals surface area contributed by atoms with E-state index in [1.807, 2.05) is 4.90 Å². The highest BCUT2D eigenvalue weighted by Gasteiger charge is 2.21. The highest BCUT2D eigenvalue weighted by atomic mass is 16.5. The van der Waals surface area contributed by atoms with Gasteiger partial charge in [0.15, 0.2) is 11.5 Å². The van der Waals surface area contributed by atoms with E-state index < -0.39 is 0 Å². The normalized spacial score (nSPS) is 15.3. The second-order valence-corrected chi connectivity index (χ2v) is 6.98. The summed E-state index contributed by atoms with van der Waals surface area (Å²) in [5.74, 6) is 1.27. The predicted molar refractivity (Wildman–Crippen MR) is 107 cm³/mol. The van der Waals surface area contributed by atoms with Crippen molar-refractivity contribution in [3.05, 3.63) is 59.2 Å². The molecular weight excluding hydrogens is 340 g/mol. The van der Waals surface area contributed by atoms with E-state index in [1.165, 1.54) is 11.1 Å². The number of rotatable bonds is 5. The molecule has 0 aromatic heterocycles. The fourth-order valence-corrected chi connectivity index (χ4v) is 3.44. The molecular formula is C22H28N2O3. The second-order valence-electron chi connectivity index (χ2n) is 6.98. The van der Waals surface area contributed by atoms with E-state index in [4.69, 9.17) is 9.47 Å². The van der Waals surface area contributed by atoms with Crippen LogP contribution in [-0.2, 0) is 6.54 Å². The Bertz CT molecular complexity index is 774.